The number of likely N-dealkylation sites (tertiary alicyclic amines) is 1. The summed E-state index contributed by atoms with van der Waals surface area (Å²) in [7, 11) is 1.62. The maximum absolute atomic E-state index is 12.5. The van der Waals surface area contributed by atoms with E-state index in [-0.39, 0.29) is 11.3 Å². The number of hydrogen-bond acceptors (Lipinski definition) is 7. The number of carbonyl (C=O) groups excluding carboxylic acids is 1. The molecule has 0 bridgehead atoms. The summed E-state index contributed by atoms with van der Waals surface area (Å²) in [6.07, 6.45) is 1.03. The van der Waals surface area contributed by atoms with Crippen molar-refractivity contribution >= 4 is 11.9 Å². The van der Waals surface area contributed by atoms with Gasteiger partial charge in [-0.3, -0.25) is 14.7 Å². The summed E-state index contributed by atoms with van der Waals surface area (Å²) in [5.74, 6) is -1.56. The number of halogens is 3. The summed E-state index contributed by atoms with van der Waals surface area (Å²) in [5.41, 5.74) is 1.36. The van der Waals surface area contributed by atoms with Gasteiger partial charge in [0.05, 0.1) is 12.3 Å². The van der Waals surface area contributed by atoms with Gasteiger partial charge in [0.2, 0.25) is 5.82 Å². The number of methoxy groups -OCH3 is 1. The molecule has 0 aromatic carbocycles. The van der Waals surface area contributed by atoms with Gasteiger partial charge in [-0.05, 0) is 49.9 Å². The highest BCUT2D eigenvalue weighted by Gasteiger charge is 2.40. The van der Waals surface area contributed by atoms with Gasteiger partial charge in [0, 0.05) is 39.4 Å². The van der Waals surface area contributed by atoms with E-state index in [1.54, 1.807) is 7.11 Å². The Labute approximate surface area is 200 Å². The Morgan fingerprint density at radius 2 is 1.91 bits per heavy atom. The van der Waals surface area contributed by atoms with Crippen LogP contribution in [0.2, 0.25) is 0 Å². The molecule has 13 heteroatoms. The Kier molecular flexibility index (Phi) is 8.78. The number of piperidine rings is 1. The number of aromatic nitrogens is 4. The molecule has 1 saturated heterocycles. The Balaban J connectivity index is 0.000000429. The summed E-state index contributed by atoms with van der Waals surface area (Å²) >= 11 is 0. The van der Waals surface area contributed by atoms with Crippen molar-refractivity contribution in [2.75, 3.05) is 33.4 Å². The van der Waals surface area contributed by atoms with Crippen molar-refractivity contribution in [3.8, 4) is 0 Å². The predicted molar refractivity (Wildman–Crippen MR) is 117 cm³/mol. The highest BCUT2D eigenvalue weighted by Crippen LogP contribution is 2.41. The van der Waals surface area contributed by atoms with Crippen LogP contribution < -0.4 is 5.32 Å². The molecule has 192 valence electrons. The number of nitrogens with zero attached hydrogens (tertiary/aromatic N) is 5. The second-order valence-corrected chi connectivity index (χ2v) is 8.67. The molecular weight excluding hydrogens is 469 g/mol. The van der Waals surface area contributed by atoms with Crippen molar-refractivity contribution in [1.82, 2.24) is 30.0 Å². The van der Waals surface area contributed by atoms with Crippen LogP contribution in [-0.4, -0.2) is 81.2 Å². The molecule has 0 aliphatic carbocycles. The maximum Gasteiger partial charge on any atom is 0.490 e. The van der Waals surface area contributed by atoms with E-state index in [1.807, 2.05) is 22.9 Å². The molecule has 0 atom stereocenters. The summed E-state index contributed by atoms with van der Waals surface area (Å²) in [6, 6.07) is 6.08. The number of alkyl halides is 3. The van der Waals surface area contributed by atoms with E-state index in [0.717, 1.165) is 63.4 Å². The molecule has 2 aromatic heterocycles. The lowest BCUT2D eigenvalue weighted by atomic mass is 9.73. The molecule has 1 amide bonds. The van der Waals surface area contributed by atoms with Crippen molar-refractivity contribution in [1.29, 1.82) is 0 Å². The Bertz CT molecular complexity index is 991. The number of fused-ring (bicyclic) bond motifs is 1. The fourth-order valence-electron chi connectivity index (χ4n) is 4.31. The van der Waals surface area contributed by atoms with Gasteiger partial charge in [0.15, 0.2) is 0 Å². The molecular formula is C22H29F3N6O4. The first-order valence-electron chi connectivity index (χ1n) is 11.3. The largest absolute Gasteiger partial charge is 0.490 e. The lowest BCUT2D eigenvalue weighted by Crippen LogP contribution is -2.45. The van der Waals surface area contributed by atoms with E-state index in [4.69, 9.17) is 14.6 Å². The third kappa shape index (κ3) is 7.21. The van der Waals surface area contributed by atoms with Gasteiger partial charge in [-0.25, -0.2) is 4.79 Å². The fraction of sp³-hybridized carbons (Fsp3) is 0.591. The number of carbonyl (C=O) groups is 2. The molecule has 0 unspecified atom stereocenters. The lowest BCUT2D eigenvalue weighted by molar-refractivity contribution is -0.192. The summed E-state index contributed by atoms with van der Waals surface area (Å²) in [5, 5.41) is 18.4. The first kappa shape index (κ1) is 26.5. The van der Waals surface area contributed by atoms with E-state index in [9.17, 15) is 18.0 Å². The zero-order chi connectivity index (χ0) is 25.5. The monoisotopic (exact) mass is 498 g/mol. The highest BCUT2D eigenvalue weighted by atomic mass is 19.4. The SMILES string of the molecule is COCCNC(=O)c1nnc2n1CC1(CC2)CCN(Cc2ccccn2)CC1.O=C(O)C(F)(F)F. The molecule has 4 rings (SSSR count). The molecule has 2 aliphatic rings. The van der Waals surface area contributed by atoms with Crippen molar-refractivity contribution in [2.24, 2.45) is 5.41 Å². The van der Waals surface area contributed by atoms with Crippen LogP contribution >= 0.6 is 0 Å². The minimum absolute atomic E-state index is 0.166. The van der Waals surface area contributed by atoms with Crippen LogP contribution in [0.25, 0.3) is 0 Å². The van der Waals surface area contributed by atoms with Gasteiger partial charge in [0.25, 0.3) is 5.91 Å². The van der Waals surface area contributed by atoms with Crippen LogP contribution in [0, 0.1) is 5.41 Å². The molecule has 0 radical (unpaired) electrons. The molecule has 2 aliphatic heterocycles. The van der Waals surface area contributed by atoms with Gasteiger partial charge in [0.1, 0.15) is 5.82 Å². The van der Waals surface area contributed by atoms with Crippen molar-refractivity contribution in [2.45, 2.75) is 44.9 Å². The van der Waals surface area contributed by atoms with E-state index < -0.39 is 12.1 Å². The molecule has 1 spiro atoms. The molecule has 0 saturated carbocycles. The number of nitrogens with one attached hydrogen (secondary N) is 1. The normalized spacial score (nSPS) is 17.3. The zero-order valence-electron chi connectivity index (χ0n) is 19.4. The van der Waals surface area contributed by atoms with Crippen LogP contribution in [0.4, 0.5) is 13.2 Å². The standard InChI is InChI=1S/C20H28N6O2.C2HF3O2/c1-28-13-10-22-19(27)18-24-23-17-5-6-20(15-26(17)18)7-11-25(12-8-20)14-16-4-2-3-9-21-16;3-2(4,5)1(6)7/h2-4,9H,5-8,10-15H2,1H3,(H,22,27);(H,6,7). The molecule has 2 N–H and O–H groups in total. The van der Waals surface area contributed by atoms with Crippen LogP contribution in [0.1, 0.15) is 41.4 Å². The number of carboxylic acids is 1. The van der Waals surface area contributed by atoms with E-state index in [0.29, 0.717) is 19.0 Å². The third-order valence-electron chi connectivity index (χ3n) is 6.27. The number of rotatable bonds is 6. The minimum atomic E-state index is -5.08. The number of carboxylic acid groups (broad SMARTS) is 1. The fourth-order valence-corrected chi connectivity index (χ4v) is 4.31. The molecule has 35 heavy (non-hydrogen) atoms. The quantitative estimate of drug-likeness (QED) is 0.580. The average molecular weight is 499 g/mol. The molecule has 1 fully saturated rings. The number of aliphatic carboxylic acids is 1. The summed E-state index contributed by atoms with van der Waals surface area (Å²) in [4.78, 5) is 28.3. The van der Waals surface area contributed by atoms with Crippen molar-refractivity contribution < 1.29 is 32.6 Å². The zero-order valence-corrected chi connectivity index (χ0v) is 19.4. The Hall–Kier alpha value is -3.06. The van der Waals surface area contributed by atoms with Gasteiger partial charge in [-0.15, -0.1) is 10.2 Å². The predicted octanol–water partition coefficient (Wildman–Crippen LogP) is 1.91. The Morgan fingerprint density at radius 1 is 1.20 bits per heavy atom. The van der Waals surface area contributed by atoms with Crippen LogP contribution in [0.15, 0.2) is 24.4 Å². The first-order valence-corrected chi connectivity index (χ1v) is 11.3. The number of hydrogen-bond donors (Lipinski definition) is 2. The molecule has 10 nitrogen and oxygen atoms in total. The lowest BCUT2D eigenvalue weighted by Gasteiger charge is -2.44. The van der Waals surface area contributed by atoms with Crippen LogP contribution in [0.5, 0.6) is 0 Å². The first-order chi connectivity index (χ1) is 16.6. The van der Waals surface area contributed by atoms with Gasteiger partial charge >= 0.3 is 12.1 Å². The smallest absolute Gasteiger partial charge is 0.475 e. The number of pyridine rings is 1. The number of amides is 1. The third-order valence-corrected chi connectivity index (χ3v) is 6.27. The van der Waals surface area contributed by atoms with Crippen molar-refractivity contribution in [3.63, 3.8) is 0 Å². The van der Waals surface area contributed by atoms with E-state index >= 15 is 0 Å². The summed E-state index contributed by atoms with van der Waals surface area (Å²) < 4.78 is 38.8. The van der Waals surface area contributed by atoms with Crippen LogP contribution in [0.3, 0.4) is 0 Å². The average Bonchev–Trinajstić information content (AvgIpc) is 3.24. The highest BCUT2D eigenvalue weighted by molar-refractivity contribution is 5.90. The van der Waals surface area contributed by atoms with Crippen molar-refractivity contribution in [3.05, 3.63) is 41.7 Å². The summed E-state index contributed by atoms with van der Waals surface area (Å²) in [6.45, 7) is 4.82. The second kappa shape index (κ2) is 11.6. The van der Waals surface area contributed by atoms with Crippen LogP contribution in [-0.2, 0) is 29.0 Å². The molecule has 4 heterocycles. The van der Waals surface area contributed by atoms with Gasteiger partial charge < -0.3 is 19.7 Å². The van der Waals surface area contributed by atoms with Gasteiger partial charge in [-0.1, -0.05) is 6.07 Å². The Morgan fingerprint density at radius 3 is 2.51 bits per heavy atom. The minimum Gasteiger partial charge on any atom is -0.475 e. The van der Waals surface area contributed by atoms with E-state index in [2.05, 4.69) is 31.5 Å². The maximum atomic E-state index is 12.5. The van der Waals surface area contributed by atoms with E-state index in [1.165, 1.54) is 0 Å². The second-order valence-electron chi connectivity index (χ2n) is 8.67. The van der Waals surface area contributed by atoms with Gasteiger partial charge in [-0.2, -0.15) is 13.2 Å². The number of ether oxygens (including phenoxy) is 1. The topological polar surface area (TPSA) is 122 Å². The number of aryl methyl sites for hydroxylation is 1. The molecule has 2 aromatic rings.